The summed E-state index contributed by atoms with van der Waals surface area (Å²) in [6.45, 7) is 10.2. The van der Waals surface area contributed by atoms with Crippen molar-refractivity contribution >= 4 is 29.9 Å². The largest absolute Gasteiger partial charge is 0.444 e. The molecule has 0 aromatic carbocycles. The number of halogens is 1. The fourth-order valence-corrected chi connectivity index (χ4v) is 0.959. The highest BCUT2D eigenvalue weighted by atomic mass is 35.5. The smallest absolute Gasteiger partial charge is 0.414 e. The third kappa shape index (κ3) is 10.1. The van der Waals surface area contributed by atoms with Gasteiger partial charge in [0.15, 0.2) is 0 Å². The SMILES string of the molecule is CC(C)(C)OC(=O)NC(=NCl)NC(=O)OC(C)(C)C. The molecule has 0 fully saturated rings. The Hall–Kier alpha value is -1.50. The topological polar surface area (TPSA) is 89.0 Å². The van der Waals surface area contributed by atoms with Gasteiger partial charge in [-0.25, -0.2) is 9.59 Å². The number of hydrogen-bond donors (Lipinski definition) is 2. The van der Waals surface area contributed by atoms with Gasteiger partial charge < -0.3 is 9.47 Å². The van der Waals surface area contributed by atoms with Crippen LogP contribution in [0.2, 0.25) is 0 Å². The van der Waals surface area contributed by atoms with E-state index in [1.165, 1.54) is 0 Å². The maximum absolute atomic E-state index is 11.4. The van der Waals surface area contributed by atoms with Crippen molar-refractivity contribution in [1.82, 2.24) is 10.6 Å². The molecule has 0 heterocycles. The molecule has 0 aromatic heterocycles. The summed E-state index contributed by atoms with van der Waals surface area (Å²) in [7, 11) is 0. The van der Waals surface area contributed by atoms with Crippen LogP contribution in [0.4, 0.5) is 9.59 Å². The van der Waals surface area contributed by atoms with Crippen molar-refractivity contribution in [2.24, 2.45) is 4.51 Å². The van der Waals surface area contributed by atoms with E-state index in [0.29, 0.717) is 0 Å². The Morgan fingerprint density at radius 3 is 1.42 bits per heavy atom. The Kier molecular flexibility index (Phi) is 6.08. The zero-order valence-electron chi connectivity index (χ0n) is 12.0. The Bertz CT molecular complexity index is 337. The van der Waals surface area contributed by atoms with Crippen LogP contribution in [0.1, 0.15) is 41.5 Å². The maximum atomic E-state index is 11.4. The van der Waals surface area contributed by atoms with Crippen LogP contribution >= 0.6 is 11.8 Å². The maximum Gasteiger partial charge on any atom is 0.414 e. The molecule has 0 saturated heterocycles. The van der Waals surface area contributed by atoms with Gasteiger partial charge >= 0.3 is 12.2 Å². The summed E-state index contributed by atoms with van der Waals surface area (Å²) < 4.78 is 13.1. The predicted octanol–water partition coefficient (Wildman–Crippen LogP) is 2.55. The van der Waals surface area contributed by atoms with Crippen LogP contribution in [0.25, 0.3) is 0 Å². The van der Waals surface area contributed by atoms with Crippen molar-refractivity contribution in [3.63, 3.8) is 0 Å². The van der Waals surface area contributed by atoms with Crippen LogP contribution in [0.5, 0.6) is 0 Å². The molecule has 0 aromatic rings. The Morgan fingerprint density at radius 1 is 0.895 bits per heavy atom. The van der Waals surface area contributed by atoms with Crippen LogP contribution in [-0.2, 0) is 9.47 Å². The lowest BCUT2D eigenvalue weighted by Crippen LogP contribution is -2.46. The van der Waals surface area contributed by atoms with E-state index < -0.39 is 23.4 Å². The lowest BCUT2D eigenvalue weighted by atomic mass is 10.2. The molecule has 0 aliphatic heterocycles. The molecule has 19 heavy (non-hydrogen) atoms. The van der Waals surface area contributed by atoms with Crippen molar-refractivity contribution in [3.8, 4) is 0 Å². The summed E-state index contributed by atoms with van der Waals surface area (Å²) in [5.74, 6) is -0.273. The molecular weight excluding hydrogens is 274 g/mol. The van der Waals surface area contributed by atoms with Crippen molar-refractivity contribution in [1.29, 1.82) is 0 Å². The van der Waals surface area contributed by atoms with Crippen molar-refractivity contribution in [3.05, 3.63) is 0 Å². The predicted molar refractivity (Wildman–Crippen MR) is 72.0 cm³/mol. The summed E-state index contributed by atoms with van der Waals surface area (Å²) in [4.78, 5) is 22.9. The second kappa shape index (κ2) is 6.60. The Labute approximate surface area is 117 Å². The number of carbonyl (C=O) groups is 2. The summed E-state index contributed by atoms with van der Waals surface area (Å²) in [5, 5.41) is 4.37. The number of nitrogens with one attached hydrogen (secondary N) is 2. The number of ether oxygens (including phenoxy) is 2. The zero-order valence-corrected chi connectivity index (χ0v) is 12.7. The molecule has 0 radical (unpaired) electrons. The van der Waals surface area contributed by atoms with Gasteiger partial charge in [0.2, 0.25) is 5.96 Å². The van der Waals surface area contributed by atoms with Gasteiger partial charge in [0.25, 0.3) is 0 Å². The molecule has 7 nitrogen and oxygen atoms in total. The zero-order chi connectivity index (χ0) is 15.3. The first-order valence-electron chi connectivity index (χ1n) is 5.62. The molecule has 0 atom stereocenters. The van der Waals surface area contributed by atoms with Gasteiger partial charge in [-0.3, -0.25) is 10.6 Å². The molecule has 0 unspecified atom stereocenters. The molecule has 0 bridgehead atoms. The van der Waals surface area contributed by atoms with Gasteiger partial charge in [-0.05, 0) is 41.5 Å². The second-order valence-electron chi connectivity index (χ2n) is 5.69. The summed E-state index contributed by atoms with van der Waals surface area (Å²) >= 11 is 5.25. The van der Waals surface area contributed by atoms with Gasteiger partial charge in [-0.1, -0.05) is 0 Å². The molecule has 2 amide bonds. The molecule has 0 rings (SSSR count). The molecule has 0 aliphatic rings. The van der Waals surface area contributed by atoms with E-state index in [2.05, 4.69) is 15.1 Å². The normalized spacial score (nSPS) is 11.3. The van der Waals surface area contributed by atoms with Crippen molar-refractivity contribution in [2.75, 3.05) is 0 Å². The first-order chi connectivity index (χ1) is 8.43. The van der Waals surface area contributed by atoms with Gasteiger partial charge in [0, 0.05) is 11.8 Å². The van der Waals surface area contributed by atoms with E-state index in [-0.39, 0.29) is 5.96 Å². The van der Waals surface area contributed by atoms with Gasteiger partial charge in [0.05, 0.1) is 0 Å². The van der Waals surface area contributed by atoms with Crippen LogP contribution in [0.15, 0.2) is 4.51 Å². The molecule has 0 saturated carbocycles. The van der Waals surface area contributed by atoms with Gasteiger partial charge in [-0.15, -0.1) is 4.51 Å². The first-order valence-corrected chi connectivity index (χ1v) is 5.96. The third-order valence-corrected chi connectivity index (χ3v) is 1.49. The number of nitrogens with zero attached hydrogens (tertiary/aromatic N) is 1. The van der Waals surface area contributed by atoms with E-state index in [0.717, 1.165) is 0 Å². The van der Waals surface area contributed by atoms with E-state index in [1.807, 2.05) is 0 Å². The molecule has 0 aliphatic carbocycles. The molecule has 0 spiro atoms. The van der Waals surface area contributed by atoms with Crippen molar-refractivity contribution < 1.29 is 19.1 Å². The van der Waals surface area contributed by atoms with E-state index in [9.17, 15) is 9.59 Å². The summed E-state index contributed by atoms with van der Waals surface area (Å²) in [6, 6.07) is 0. The monoisotopic (exact) mass is 293 g/mol. The summed E-state index contributed by atoms with van der Waals surface area (Å²) in [6.07, 6.45) is -1.58. The van der Waals surface area contributed by atoms with Crippen LogP contribution in [-0.4, -0.2) is 29.3 Å². The Morgan fingerprint density at radius 2 is 1.21 bits per heavy atom. The lowest BCUT2D eigenvalue weighted by molar-refractivity contribution is 0.0545. The second-order valence-corrected chi connectivity index (χ2v) is 5.86. The fraction of sp³-hybridized carbons (Fsp3) is 0.727. The number of rotatable bonds is 0. The number of alkyl carbamates (subject to hydrolysis) is 2. The molecule has 110 valence electrons. The van der Waals surface area contributed by atoms with Crippen molar-refractivity contribution in [2.45, 2.75) is 52.7 Å². The Balaban J connectivity index is 4.39. The fourth-order valence-electron chi connectivity index (χ4n) is 0.874. The molecule has 2 N–H and O–H groups in total. The number of guanidine groups is 1. The highest BCUT2D eigenvalue weighted by Gasteiger charge is 2.20. The van der Waals surface area contributed by atoms with Crippen LogP contribution < -0.4 is 10.6 Å². The highest BCUT2D eigenvalue weighted by molar-refractivity contribution is 6.21. The van der Waals surface area contributed by atoms with Crippen LogP contribution in [0.3, 0.4) is 0 Å². The minimum absolute atomic E-state index is 0.273. The lowest BCUT2D eigenvalue weighted by Gasteiger charge is -2.21. The van der Waals surface area contributed by atoms with Crippen LogP contribution in [0, 0.1) is 0 Å². The van der Waals surface area contributed by atoms with E-state index in [1.54, 1.807) is 41.5 Å². The summed E-state index contributed by atoms with van der Waals surface area (Å²) in [5.41, 5.74) is -1.35. The standard InChI is InChI=1S/C11H20ClN3O4/c1-10(2,3)18-8(16)13-7(15-12)14-9(17)19-11(4,5)6/h1-6H3,(H2,13,14,15,16,17). The minimum Gasteiger partial charge on any atom is -0.444 e. The van der Waals surface area contributed by atoms with Gasteiger partial charge in [0.1, 0.15) is 11.2 Å². The first kappa shape index (κ1) is 17.5. The number of carbonyl (C=O) groups excluding carboxylic acids is 2. The van der Waals surface area contributed by atoms with Gasteiger partial charge in [-0.2, -0.15) is 0 Å². The average Bonchev–Trinajstić information content (AvgIpc) is 2.10. The van der Waals surface area contributed by atoms with E-state index >= 15 is 0 Å². The average molecular weight is 294 g/mol. The highest BCUT2D eigenvalue weighted by Crippen LogP contribution is 2.07. The number of amides is 2. The van der Waals surface area contributed by atoms with E-state index in [4.69, 9.17) is 21.3 Å². The molecular formula is C11H20ClN3O4. The number of hydrogen-bond acceptors (Lipinski definition) is 5. The quantitative estimate of drug-likeness (QED) is 0.530. The minimum atomic E-state index is -0.789. The molecule has 8 heteroatoms. The third-order valence-electron chi connectivity index (χ3n) is 1.32.